The van der Waals surface area contributed by atoms with Crippen molar-refractivity contribution in [2.45, 2.75) is 25.2 Å². The predicted molar refractivity (Wildman–Crippen MR) is 110 cm³/mol. The van der Waals surface area contributed by atoms with Crippen LogP contribution in [0.5, 0.6) is 5.75 Å². The molecule has 2 aromatic heterocycles. The first-order valence-corrected chi connectivity index (χ1v) is 9.95. The molecule has 6 nitrogen and oxygen atoms in total. The van der Waals surface area contributed by atoms with Crippen LogP contribution in [0, 0.1) is 0 Å². The molecule has 0 saturated carbocycles. The Bertz CT molecular complexity index is 999. The Morgan fingerprint density at radius 3 is 2.45 bits per heavy atom. The number of aromatic nitrogens is 2. The summed E-state index contributed by atoms with van der Waals surface area (Å²) >= 11 is 0. The average Bonchev–Trinajstić information content (AvgIpc) is 3.39. The summed E-state index contributed by atoms with van der Waals surface area (Å²) in [5, 5.41) is 0. The summed E-state index contributed by atoms with van der Waals surface area (Å²) < 4.78 is 7.43. The molecule has 3 aromatic rings. The van der Waals surface area contributed by atoms with Gasteiger partial charge in [-0.3, -0.25) is 14.7 Å². The van der Waals surface area contributed by atoms with Crippen molar-refractivity contribution in [3.05, 3.63) is 83.9 Å². The lowest BCUT2D eigenvalue weighted by Gasteiger charge is -2.38. The molecule has 6 heteroatoms. The van der Waals surface area contributed by atoms with Gasteiger partial charge in [-0.15, -0.1) is 0 Å². The molecule has 148 valence electrons. The minimum absolute atomic E-state index is 0.109. The number of hydrogen-bond acceptors (Lipinski definition) is 4. The summed E-state index contributed by atoms with van der Waals surface area (Å²) in [4.78, 5) is 21.9. The topological polar surface area (TPSA) is 50.6 Å². The predicted octanol–water partition coefficient (Wildman–Crippen LogP) is 2.97. The molecule has 0 N–H and O–H groups in total. The minimum atomic E-state index is 0.109. The van der Waals surface area contributed by atoms with Gasteiger partial charge in [-0.1, -0.05) is 12.1 Å². The van der Waals surface area contributed by atoms with E-state index in [0.717, 1.165) is 36.6 Å². The van der Waals surface area contributed by atoms with Crippen LogP contribution in [0.2, 0.25) is 0 Å². The van der Waals surface area contributed by atoms with E-state index in [1.165, 1.54) is 5.56 Å². The number of ether oxygens (including phenoxy) is 1. The van der Waals surface area contributed by atoms with Crippen molar-refractivity contribution >= 4 is 5.91 Å². The third-order valence-electron chi connectivity index (χ3n) is 6.02. The zero-order valence-corrected chi connectivity index (χ0v) is 16.4. The van der Waals surface area contributed by atoms with Crippen LogP contribution < -0.4 is 4.74 Å². The molecule has 0 spiro atoms. The van der Waals surface area contributed by atoms with Crippen LogP contribution in [-0.4, -0.2) is 51.5 Å². The lowest BCUT2D eigenvalue weighted by Crippen LogP contribution is -2.49. The molecule has 4 heterocycles. The molecular formula is C23H24N4O2. The Morgan fingerprint density at radius 1 is 0.966 bits per heavy atom. The Balaban J connectivity index is 1.41. The standard InChI is InChI=1S/C23H24N4O2/c1-29-19-6-4-17(5-7-19)14-27-22-16-25(13-18-8-10-24-11-9-18)15-21(22)26-12-2-3-20(26)23(27)28/h2-12,21-22H,13-16H2,1H3/t21-,22+/m0/s1. The number of methoxy groups -OCH3 is 1. The van der Waals surface area contributed by atoms with Crippen LogP contribution in [0.25, 0.3) is 0 Å². The largest absolute Gasteiger partial charge is 0.497 e. The van der Waals surface area contributed by atoms with Crippen molar-refractivity contribution in [3.8, 4) is 5.75 Å². The number of likely N-dealkylation sites (tertiary alicyclic amines) is 1. The first kappa shape index (κ1) is 17.9. The fraction of sp³-hybridized carbons (Fsp3) is 0.304. The third kappa shape index (κ3) is 3.29. The van der Waals surface area contributed by atoms with E-state index in [4.69, 9.17) is 4.74 Å². The van der Waals surface area contributed by atoms with Gasteiger partial charge in [0.1, 0.15) is 11.4 Å². The number of nitrogens with zero attached hydrogens (tertiary/aromatic N) is 4. The molecule has 0 bridgehead atoms. The maximum atomic E-state index is 13.3. The molecule has 0 aliphatic carbocycles. The number of rotatable bonds is 5. The Hall–Kier alpha value is -3.12. The zero-order valence-electron chi connectivity index (χ0n) is 16.4. The number of pyridine rings is 1. The van der Waals surface area contributed by atoms with Crippen LogP contribution >= 0.6 is 0 Å². The number of carbonyl (C=O) groups is 1. The molecule has 1 saturated heterocycles. The van der Waals surface area contributed by atoms with Crippen molar-refractivity contribution in [2.75, 3.05) is 20.2 Å². The molecule has 0 unspecified atom stereocenters. The van der Waals surface area contributed by atoms with Gasteiger partial charge >= 0.3 is 0 Å². The van der Waals surface area contributed by atoms with Crippen LogP contribution in [0.1, 0.15) is 27.7 Å². The van der Waals surface area contributed by atoms with Crippen LogP contribution in [0.4, 0.5) is 0 Å². The molecule has 2 atom stereocenters. The van der Waals surface area contributed by atoms with E-state index in [1.807, 2.05) is 59.9 Å². The van der Waals surface area contributed by atoms with Crippen LogP contribution in [-0.2, 0) is 13.1 Å². The van der Waals surface area contributed by atoms with Gasteiger partial charge in [0.15, 0.2) is 0 Å². The molecule has 1 aromatic carbocycles. The summed E-state index contributed by atoms with van der Waals surface area (Å²) in [7, 11) is 1.66. The van der Waals surface area contributed by atoms with Crippen molar-refractivity contribution in [1.82, 2.24) is 19.4 Å². The highest BCUT2D eigenvalue weighted by atomic mass is 16.5. The third-order valence-corrected chi connectivity index (χ3v) is 6.02. The van der Waals surface area contributed by atoms with Gasteiger partial charge in [0.25, 0.3) is 5.91 Å². The molecule has 0 radical (unpaired) electrons. The van der Waals surface area contributed by atoms with Gasteiger partial charge in [-0.2, -0.15) is 0 Å². The van der Waals surface area contributed by atoms with E-state index in [1.54, 1.807) is 7.11 Å². The highest BCUT2D eigenvalue weighted by Gasteiger charge is 2.44. The van der Waals surface area contributed by atoms with Gasteiger partial charge in [-0.05, 0) is 47.5 Å². The first-order valence-electron chi connectivity index (χ1n) is 9.95. The van der Waals surface area contributed by atoms with E-state index >= 15 is 0 Å². The highest BCUT2D eigenvalue weighted by Crippen LogP contribution is 2.35. The van der Waals surface area contributed by atoms with Crippen LogP contribution in [0.15, 0.2) is 67.1 Å². The molecule has 1 fully saturated rings. The maximum absolute atomic E-state index is 13.3. The summed E-state index contributed by atoms with van der Waals surface area (Å²) in [5.74, 6) is 0.938. The van der Waals surface area contributed by atoms with Crippen molar-refractivity contribution in [2.24, 2.45) is 0 Å². The fourth-order valence-corrected chi connectivity index (χ4v) is 4.58. The minimum Gasteiger partial charge on any atom is -0.497 e. The fourth-order valence-electron chi connectivity index (χ4n) is 4.58. The molecule has 2 aliphatic rings. The number of hydrogen-bond donors (Lipinski definition) is 0. The summed E-state index contributed by atoms with van der Waals surface area (Å²) in [6.45, 7) is 3.28. The molecular weight excluding hydrogens is 364 g/mol. The van der Waals surface area contributed by atoms with E-state index in [-0.39, 0.29) is 18.0 Å². The SMILES string of the molecule is COc1ccc(CN2C(=O)c3cccn3[C@H]3CN(Cc4ccncc4)C[C@H]32)cc1. The number of carbonyl (C=O) groups excluding carboxylic acids is 1. The zero-order chi connectivity index (χ0) is 19.8. The normalized spacial score (nSPS) is 21.1. The van der Waals surface area contributed by atoms with Crippen LogP contribution in [0.3, 0.4) is 0 Å². The number of amides is 1. The van der Waals surface area contributed by atoms with Crippen molar-refractivity contribution < 1.29 is 9.53 Å². The lowest BCUT2D eigenvalue weighted by molar-refractivity contribution is 0.0556. The smallest absolute Gasteiger partial charge is 0.271 e. The molecule has 29 heavy (non-hydrogen) atoms. The first-order chi connectivity index (χ1) is 14.2. The maximum Gasteiger partial charge on any atom is 0.271 e. The quantitative estimate of drug-likeness (QED) is 0.674. The van der Waals surface area contributed by atoms with Gasteiger partial charge < -0.3 is 14.2 Å². The van der Waals surface area contributed by atoms with E-state index in [9.17, 15) is 4.79 Å². The number of fused-ring (bicyclic) bond motifs is 3. The lowest BCUT2D eigenvalue weighted by atomic mass is 10.0. The Kier molecular flexibility index (Phi) is 4.56. The summed E-state index contributed by atoms with van der Waals surface area (Å²) in [5.41, 5.74) is 3.15. The second-order valence-electron chi connectivity index (χ2n) is 7.77. The summed E-state index contributed by atoms with van der Waals surface area (Å²) in [6, 6.07) is 16.5. The molecule has 1 amide bonds. The van der Waals surface area contributed by atoms with E-state index in [0.29, 0.717) is 6.54 Å². The van der Waals surface area contributed by atoms with E-state index in [2.05, 4.69) is 26.6 Å². The van der Waals surface area contributed by atoms with E-state index < -0.39 is 0 Å². The van der Waals surface area contributed by atoms with Gasteiger partial charge in [-0.25, -0.2) is 0 Å². The van der Waals surface area contributed by atoms with Gasteiger partial charge in [0.05, 0.1) is 19.2 Å². The Labute approximate surface area is 170 Å². The Morgan fingerprint density at radius 2 is 1.69 bits per heavy atom. The second kappa shape index (κ2) is 7.37. The van der Waals surface area contributed by atoms with Crippen molar-refractivity contribution in [1.29, 1.82) is 0 Å². The average molecular weight is 388 g/mol. The van der Waals surface area contributed by atoms with Crippen molar-refractivity contribution in [3.63, 3.8) is 0 Å². The van der Waals surface area contributed by atoms with Gasteiger partial charge in [0, 0.05) is 44.8 Å². The number of benzene rings is 1. The second-order valence-corrected chi connectivity index (χ2v) is 7.77. The summed E-state index contributed by atoms with van der Waals surface area (Å²) in [6.07, 6.45) is 5.72. The highest BCUT2D eigenvalue weighted by molar-refractivity contribution is 5.94. The van der Waals surface area contributed by atoms with Gasteiger partial charge in [0.2, 0.25) is 0 Å². The molecule has 5 rings (SSSR count). The molecule has 2 aliphatic heterocycles. The monoisotopic (exact) mass is 388 g/mol.